The van der Waals surface area contributed by atoms with Crippen LogP contribution in [-0.2, 0) is 0 Å². The summed E-state index contributed by atoms with van der Waals surface area (Å²) in [5.41, 5.74) is 4.59. The Bertz CT molecular complexity index is 524. The molecule has 0 bridgehead atoms. The van der Waals surface area contributed by atoms with Gasteiger partial charge in [0.25, 0.3) is 0 Å². The third-order valence-electron chi connectivity index (χ3n) is 2.74. The zero-order chi connectivity index (χ0) is 11.9. The van der Waals surface area contributed by atoms with Crippen LogP contribution in [0.15, 0.2) is 28.7 Å². The second kappa shape index (κ2) is 4.27. The molecule has 84 valence electrons. The van der Waals surface area contributed by atoms with Gasteiger partial charge in [0.15, 0.2) is 0 Å². The van der Waals surface area contributed by atoms with Crippen LogP contribution in [0.25, 0.3) is 5.69 Å². The van der Waals surface area contributed by atoms with E-state index in [1.165, 1.54) is 11.4 Å². The molecule has 1 heterocycles. The van der Waals surface area contributed by atoms with Crippen LogP contribution in [0, 0.1) is 20.8 Å². The first kappa shape index (κ1) is 11.7. The monoisotopic (exact) mass is 297 g/mol. The topological polar surface area (TPSA) is 4.93 Å². The molecule has 0 fully saturated rings. The molecule has 0 amide bonds. The van der Waals surface area contributed by atoms with E-state index in [-0.39, 0.29) is 0 Å². The Morgan fingerprint density at radius 3 is 2.19 bits per heavy atom. The van der Waals surface area contributed by atoms with E-state index < -0.39 is 0 Å². The number of aryl methyl sites for hydroxylation is 3. The maximum Gasteiger partial charge on any atom is 0.0612 e. The Kier molecular flexibility index (Phi) is 3.13. The lowest BCUT2D eigenvalue weighted by atomic mass is 10.2. The lowest BCUT2D eigenvalue weighted by Crippen LogP contribution is -2.00. The first-order valence-corrected chi connectivity index (χ1v) is 6.29. The van der Waals surface area contributed by atoms with Gasteiger partial charge in [0.1, 0.15) is 0 Å². The van der Waals surface area contributed by atoms with E-state index in [0.29, 0.717) is 0 Å². The second-order valence-corrected chi connectivity index (χ2v) is 5.27. The van der Waals surface area contributed by atoms with Crippen LogP contribution >= 0.6 is 27.5 Å². The van der Waals surface area contributed by atoms with Crippen LogP contribution in [0.2, 0.25) is 5.02 Å². The van der Waals surface area contributed by atoms with Gasteiger partial charge in [-0.25, -0.2) is 0 Å². The Labute approximate surface area is 109 Å². The minimum atomic E-state index is 0.797. The van der Waals surface area contributed by atoms with Gasteiger partial charge in [-0.05, 0) is 66.5 Å². The molecule has 0 saturated heterocycles. The molecule has 0 aliphatic heterocycles. The van der Waals surface area contributed by atoms with E-state index in [1.54, 1.807) is 0 Å². The predicted molar refractivity (Wildman–Crippen MR) is 72.7 cm³/mol. The molecule has 2 aromatic rings. The van der Waals surface area contributed by atoms with Gasteiger partial charge in [-0.15, -0.1) is 0 Å². The molecule has 16 heavy (non-hydrogen) atoms. The highest BCUT2D eigenvalue weighted by Gasteiger charge is 2.09. The van der Waals surface area contributed by atoms with Crippen molar-refractivity contribution in [2.75, 3.05) is 0 Å². The molecule has 0 spiro atoms. The Morgan fingerprint density at radius 2 is 1.62 bits per heavy atom. The lowest BCUT2D eigenvalue weighted by molar-refractivity contribution is 0.959. The lowest BCUT2D eigenvalue weighted by Gasteiger charge is -2.13. The quantitative estimate of drug-likeness (QED) is 0.711. The van der Waals surface area contributed by atoms with Crippen molar-refractivity contribution in [1.29, 1.82) is 0 Å². The summed E-state index contributed by atoms with van der Waals surface area (Å²) in [7, 11) is 0. The average molecular weight is 299 g/mol. The van der Waals surface area contributed by atoms with Gasteiger partial charge in [-0.2, -0.15) is 0 Å². The second-order valence-electron chi connectivity index (χ2n) is 4.00. The van der Waals surface area contributed by atoms with Gasteiger partial charge in [0.2, 0.25) is 0 Å². The Morgan fingerprint density at radius 1 is 1.06 bits per heavy atom. The van der Waals surface area contributed by atoms with E-state index >= 15 is 0 Å². The number of rotatable bonds is 1. The van der Waals surface area contributed by atoms with Crippen molar-refractivity contribution in [3.05, 3.63) is 50.7 Å². The number of halogens is 2. The summed E-state index contributed by atoms with van der Waals surface area (Å²) in [6, 6.07) is 8.27. The standard InChI is InChI=1S/C13H13BrClN/c1-8-6-11(14)13(7-12(8)15)16-9(2)4-5-10(16)3/h4-7H,1-3H3. The first-order chi connectivity index (χ1) is 7.50. The Hall–Kier alpha value is -0.730. The van der Waals surface area contributed by atoms with E-state index in [2.05, 4.69) is 52.5 Å². The molecule has 1 aromatic carbocycles. The molecular formula is C13H13BrClN. The molecule has 2 rings (SSSR count). The van der Waals surface area contributed by atoms with Crippen LogP contribution in [0.1, 0.15) is 17.0 Å². The summed E-state index contributed by atoms with van der Waals surface area (Å²) in [6.07, 6.45) is 0. The molecule has 0 atom stereocenters. The Balaban J connectivity index is 2.69. The van der Waals surface area contributed by atoms with Crippen LogP contribution in [0.4, 0.5) is 0 Å². The highest BCUT2D eigenvalue weighted by molar-refractivity contribution is 9.10. The van der Waals surface area contributed by atoms with Crippen molar-refractivity contribution in [3.63, 3.8) is 0 Å². The smallest absolute Gasteiger partial charge is 0.0612 e. The van der Waals surface area contributed by atoms with Crippen LogP contribution in [0.5, 0.6) is 0 Å². The SMILES string of the molecule is Cc1cc(Br)c(-n2c(C)ccc2C)cc1Cl. The van der Waals surface area contributed by atoms with Crippen LogP contribution < -0.4 is 0 Å². The maximum absolute atomic E-state index is 6.17. The van der Waals surface area contributed by atoms with Crippen molar-refractivity contribution in [1.82, 2.24) is 4.57 Å². The van der Waals surface area contributed by atoms with Gasteiger partial charge in [-0.1, -0.05) is 11.6 Å². The number of hydrogen-bond acceptors (Lipinski definition) is 0. The molecular weight excluding hydrogens is 286 g/mol. The van der Waals surface area contributed by atoms with Gasteiger partial charge < -0.3 is 4.57 Å². The molecule has 0 aliphatic rings. The highest BCUT2D eigenvalue weighted by atomic mass is 79.9. The number of aromatic nitrogens is 1. The van der Waals surface area contributed by atoms with Gasteiger partial charge in [0.05, 0.1) is 5.69 Å². The number of nitrogens with zero attached hydrogens (tertiary/aromatic N) is 1. The largest absolute Gasteiger partial charge is 0.317 e. The average Bonchev–Trinajstić information content (AvgIpc) is 2.53. The van der Waals surface area contributed by atoms with Crippen LogP contribution in [0.3, 0.4) is 0 Å². The minimum Gasteiger partial charge on any atom is -0.317 e. The van der Waals surface area contributed by atoms with Gasteiger partial charge in [0, 0.05) is 20.9 Å². The molecule has 0 unspecified atom stereocenters. The molecule has 0 N–H and O–H groups in total. The van der Waals surface area contributed by atoms with E-state index in [1.807, 2.05) is 13.0 Å². The van der Waals surface area contributed by atoms with Crippen molar-refractivity contribution >= 4 is 27.5 Å². The highest BCUT2D eigenvalue weighted by Crippen LogP contribution is 2.30. The molecule has 0 saturated carbocycles. The van der Waals surface area contributed by atoms with Gasteiger partial charge in [-0.3, -0.25) is 0 Å². The summed E-state index contributed by atoms with van der Waals surface area (Å²) in [5, 5.41) is 0.797. The molecule has 1 nitrogen and oxygen atoms in total. The fourth-order valence-corrected chi connectivity index (χ4v) is 2.65. The zero-order valence-corrected chi connectivity index (χ0v) is 11.9. The summed E-state index contributed by atoms with van der Waals surface area (Å²) < 4.78 is 3.26. The van der Waals surface area contributed by atoms with E-state index in [9.17, 15) is 0 Å². The fourth-order valence-electron chi connectivity index (χ4n) is 1.86. The minimum absolute atomic E-state index is 0.797. The normalized spacial score (nSPS) is 10.8. The zero-order valence-electron chi connectivity index (χ0n) is 9.51. The molecule has 0 aliphatic carbocycles. The summed E-state index contributed by atoms with van der Waals surface area (Å²) in [5.74, 6) is 0. The van der Waals surface area contributed by atoms with Crippen molar-refractivity contribution in [2.45, 2.75) is 20.8 Å². The number of benzene rings is 1. The molecule has 3 heteroatoms. The summed E-state index contributed by atoms with van der Waals surface area (Å²) >= 11 is 9.76. The van der Waals surface area contributed by atoms with Crippen molar-refractivity contribution in [3.8, 4) is 5.69 Å². The van der Waals surface area contributed by atoms with E-state index in [0.717, 1.165) is 20.7 Å². The summed E-state index contributed by atoms with van der Waals surface area (Å²) in [6.45, 7) is 6.19. The van der Waals surface area contributed by atoms with Crippen molar-refractivity contribution < 1.29 is 0 Å². The third kappa shape index (κ3) is 1.92. The number of hydrogen-bond donors (Lipinski definition) is 0. The predicted octanol–water partition coefficient (Wildman–Crippen LogP) is 4.82. The third-order valence-corrected chi connectivity index (χ3v) is 3.78. The first-order valence-electron chi connectivity index (χ1n) is 5.11. The maximum atomic E-state index is 6.17. The molecule has 1 aromatic heterocycles. The van der Waals surface area contributed by atoms with Crippen LogP contribution in [-0.4, -0.2) is 4.57 Å². The fraction of sp³-hybridized carbons (Fsp3) is 0.231. The van der Waals surface area contributed by atoms with Gasteiger partial charge >= 0.3 is 0 Å². The summed E-state index contributed by atoms with van der Waals surface area (Å²) in [4.78, 5) is 0. The van der Waals surface area contributed by atoms with Crippen molar-refractivity contribution in [2.24, 2.45) is 0 Å². The molecule has 0 radical (unpaired) electrons. The van der Waals surface area contributed by atoms with E-state index in [4.69, 9.17) is 11.6 Å².